The molecule has 3 rings (SSSR count). The van der Waals surface area contributed by atoms with Crippen LogP contribution in [0.3, 0.4) is 0 Å². The Hall–Kier alpha value is -3.03. The molecule has 1 heterocycles. The average molecular weight is 457 g/mol. The number of benzene rings is 2. The molecule has 0 fully saturated rings. The molecule has 170 valence electrons. The summed E-state index contributed by atoms with van der Waals surface area (Å²) < 4.78 is 22.0. The van der Waals surface area contributed by atoms with E-state index in [0.29, 0.717) is 31.1 Å². The van der Waals surface area contributed by atoms with Gasteiger partial charge in [0.05, 0.1) is 14.2 Å². The van der Waals surface area contributed by atoms with Crippen molar-refractivity contribution in [2.45, 2.75) is 33.0 Å². The topological polar surface area (TPSA) is 74.2 Å². The molecule has 0 saturated carbocycles. The number of thiophene rings is 1. The molecule has 0 aliphatic carbocycles. The number of hydrogen-bond donors (Lipinski definition) is 1. The Balaban J connectivity index is 1.65. The Labute approximate surface area is 192 Å². The van der Waals surface area contributed by atoms with Crippen molar-refractivity contribution in [1.29, 1.82) is 0 Å². The van der Waals surface area contributed by atoms with E-state index in [2.05, 4.69) is 13.0 Å². The summed E-state index contributed by atoms with van der Waals surface area (Å²) in [6.45, 7) is 4.68. The maximum absolute atomic E-state index is 11.3. The fraction of sp³-hybridized carbons (Fsp3) is 0.320. The number of rotatable bonds is 11. The van der Waals surface area contributed by atoms with E-state index < -0.39 is 12.1 Å². The lowest BCUT2D eigenvalue weighted by Gasteiger charge is -2.13. The van der Waals surface area contributed by atoms with Gasteiger partial charge in [0.15, 0.2) is 17.6 Å². The quantitative estimate of drug-likeness (QED) is 0.419. The summed E-state index contributed by atoms with van der Waals surface area (Å²) in [5, 5.41) is 9.23. The Bertz CT molecular complexity index is 1040. The Morgan fingerprint density at radius 3 is 2.38 bits per heavy atom. The number of ether oxygens (including phenoxy) is 4. The second-order valence-corrected chi connectivity index (χ2v) is 8.34. The molecule has 6 nitrogen and oxygen atoms in total. The van der Waals surface area contributed by atoms with Crippen LogP contribution in [0.4, 0.5) is 0 Å². The van der Waals surface area contributed by atoms with Crippen molar-refractivity contribution in [3.8, 4) is 27.7 Å². The van der Waals surface area contributed by atoms with E-state index in [9.17, 15) is 9.90 Å². The predicted molar refractivity (Wildman–Crippen MR) is 125 cm³/mol. The van der Waals surface area contributed by atoms with E-state index in [4.69, 9.17) is 18.9 Å². The Morgan fingerprint density at radius 2 is 1.75 bits per heavy atom. The van der Waals surface area contributed by atoms with Gasteiger partial charge in [0.1, 0.15) is 12.4 Å². The van der Waals surface area contributed by atoms with Gasteiger partial charge in [-0.05, 0) is 66.9 Å². The molecule has 0 radical (unpaired) electrons. The van der Waals surface area contributed by atoms with Gasteiger partial charge in [0, 0.05) is 22.8 Å². The van der Waals surface area contributed by atoms with Crippen LogP contribution in [-0.4, -0.2) is 38.0 Å². The van der Waals surface area contributed by atoms with Gasteiger partial charge in [-0.1, -0.05) is 12.1 Å². The zero-order chi connectivity index (χ0) is 23.1. The maximum Gasteiger partial charge on any atom is 0.333 e. The SMILES string of the molecule is CCOC(Cc1ccc(OCc2sc(-c3ccc(OC)c(OC)c3)cc2C)cc1)C(=O)O. The first kappa shape index (κ1) is 23.6. The summed E-state index contributed by atoms with van der Waals surface area (Å²) in [4.78, 5) is 13.5. The van der Waals surface area contributed by atoms with E-state index >= 15 is 0 Å². The van der Waals surface area contributed by atoms with E-state index in [-0.39, 0.29) is 0 Å². The Morgan fingerprint density at radius 1 is 1.03 bits per heavy atom. The second kappa shape index (κ2) is 11.0. The van der Waals surface area contributed by atoms with E-state index in [0.717, 1.165) is 32.2 Å². The summed E-state index contributed by atoms with van der Waals surface area (Å²) in [7, 11) is 3.25. The minimum atomic E-state index is -0.953. The highest BCUT2D eigenvalue weighted by Crippen LogP contribution is 2.37. The largest absolute Gasteiger partial charge is 0.493 e. The first-order valence-electron chi connectivity index (χ1n) is 10.3. The van der Waals surface area contributed by atoms with Crippen molar-refractivity contribution in [1.82, 2.24) is 0 Å². The standard InChI is InChI=1S/C25H28O6S/c1-5-30-22(25(26)27)13-17-6-9-19(10-7-17)31-15-24-16(2)12-23(32-24)18-8-11-20(28-3)21(14-18)29-4/h6-12,14,22H,5,13,15H2,1-4H3,(H,26,27). The Kier molecular flexibility index (Phi) is 8.14. The van der Waals surface area contributed by atoms with Crippen LogP contribution in [0.5, 0.6) is 17.2 Å². The summed E-state index contributed by atoms with van der Waals surface area (Å²) in [6, 6.07) is 15.5. The van der Waals surface area contributed by atoms with Crippen molar-refractivity contribution in [2.75, 3.05) is 20.8 Å². The number of hydrogen-bond acceptors (Lipinski definition) is 6. The van der Waals surface area contributed by atoms with Gasteiger partial charge >= 0.3 is 5.97 Å². The number of carbonyl (C=O) groups is 1. The zero-order valence-corrected chi connectivity index (χ0v) is 19.5. The monoisotopic (exact) mass is 456 g/mol. The molecular formula is C25H28O6S. The highest BCUT2D eigenvalue weighted by molar-refractivity contribution is 7.15. The number of methoxy groups -OCH3 is 2. The van der Waals surface area contributed by atoms with Gasteiger partial charge in [-0.15, -0.1) is 11.3 Å². The van der Waals surface area contributed by atoms with E-state index in [1.54, 1.807) is 32.5 Å². The normalized spacial score (nSPS) is 11.8. The molecule has 3 aromatic rings. The minimum absolute atomic E-state index is 0.322. The second-order valence-electron chi connectivity index (χ2n) is 7.21. The smallest absolute Gasteiger partial charge is 0.333 e. The van der Waals surface area contributed by atoms with Crippen molar-refractivity contribution in [2.24, 2.45) is 0 Å². The zero-order valence-electron chi connectivity index (χ0n) is 18.7. The van der Waals surface area contributed by atoms with Gasteiger partial charge in [-0.2, -0.15) is 0 Å². The molecule has 7 heteroatoms. The molecule has 1 atom stereocenters. The highest BCUT2D eigenvalue weighted by Gasteiger charge is 2.18. The molecule has 1 aromatic heterocycles. The summed E-state index contributed by atoms with van der Waals surface area (Å²) in [6.07, 6.45) is -0.516. The number of aryl methyl sites for hydroxylation is 1. The average Bonchev–Trinajstić information content (AvgIpc) is 3.18. The molecule has 0 spiro atoms. The fourth-order valence-electron chi connectivity index (χ4n) is 3.30. The van der Waals surface area contributed by atoms with Crippen molar-refractivity contribution in [3.05, 3.63) is 64.5 Å². The molecule has 0 aliphatic rings. The first-order valence-corrected chi connectivity index (χ1v) is 11.1. The van der Waals surface area contributed by atoms with Crippen LogP contribution in [-0.2, 0) is 22.6 Å². The van der Waals surface area contributed by atoms with E-state index in [1.807, 2.05) is 42.5 Å². The predicted octanol–water partition coefficient (Wildman–Crippen LogP) is 5.35. The van der Waals surface area contributed by atoms with Crippen LogP contribution >= 0.6 is 11.3 Å². The minimum Gasteiger partial charge on any atom is -0.493 e. The maximum atomic E-state index is 11.3. The lowest BCUT2D eigenvalue weighted by Crippen LogP contribution is -2.26. The van der Waals surface area contributed by atoms with Gasteiger partial charge in [0.25, 0.3) is 0 Å². The molecule has 0 amide bonds. The van der Waals surface area contributed by atoms with Crippen LogP contribution in [0.15, 0.2) is 48.5 Å². The molecule has 1 N–H and O–H groups in total. The third-order valence-corrected chi connectivity index (χ3v) is 6.31. The van der Waals surface area contributed by atoms with Crippen LogP contribution in [0.25, 0.3) is 10.4 Å². The molecule has 0 aliphatic heterocycles. The molecule has 0 saturated heterocycles. The third kappa shape index (κ3) is 5.81. The van der Waals surface area contributed by atoms with Gasteiger partial charge in [-0.25, -0.2) is 4.79 Å². The highest BCUT2D eigenvalue weighted by atomic mass is 32.1. The molecule has 2 aromatic carbocycles. The number of carboxylic acids is 1. The van der Waals surface area contributed by atoms with Crippen molar-refractivity contribution >= 4 is 17.3 Å². The third-order valence-electron chi connectivity index (χ3n) is 5.05. The van der Waals surface area contributed by atoms with Crippen LogP contribution in [0, 0.1) is 6.92 Å². The summed E-state index contributed by atoms with van der Waals surface area (Å²) in [5.74, 6) is 1.18. The van der Waals surface area contributed by atoms with Gasteiger partial charge in [0.2, 0.25) is 0 Å². The van der Waals surface area contributed by atoms with E-state index in [1.165, 1.54) is 0 Å². The molecule has 0 bridgehead atoms. The lowest BCUT2D eigenvalue weighted by atomic mass is 10.1. The van der Waals surface area contributed by atoms with Crippen LogP contribution in [0.2, 0.25) is 0 Å². The van der Waals surface area contributed by atoms with Crippen LogP contribution < -0.4 is 14.2 Å². The summed E-state index contributed by atoms with van der Waals surface area (Å²) in [5.41, 5.74) is 3.12. The molecule has 32 heavy (non-hydrogen) atoms. The van der Waals surface area contributed by atoms with Crippen LogP contribution in [0.1, 0.15) is 22.9 Å². The summed E-state index contributed by atoms with van der Waals surface area (Å²) >= 11 is 1.68. The first-order chi connectivity index (χ1) is 15.4. The number of carboxylic acid groups (broad SMARTS) is 1. The van der Waals surface area contributed by atoms with Gasteiger partial charge < -0.3 is 24.1 Å². The van der Waals surface area contributed by atoms with Gasteiger partial charge in [-0.3, -0.25) is 0 Å². The molecular weight excluding hydrogens is 428 g/mol. The van der Waals surface area contributed by atoms with Crippen molar-refractivity contribution in [3.63, 3.8) is 0 Å². The van der Waals surface area contributed by atoms with Crippen molar-refractivity contribution < 1.29 is 28.8 Å². The number of aliphatic carboxylic acids is 1. The lowest BCUT2D eigenvalue weighted by molar-refractivity contribution is -0.149. The molecule has 1 unspecified atom stereocenters. The fourth-order valence-corrected chi connectivity index (χ4v) is 4.38.